The molecule has 0 aliphatic carbocycles. The fourth-order valence-corrected chi connectivity index (χ4v) is 2.36. The smallest absolute Gasteiger partial charge is 0.0429 e. The SMILES string of the molecule is C=C[C@H]1[C@@H]2CC[C@@H](CN2)N1C. The number of hydrogen-bond acceptors (Lipinski definition) is 2. The lowest BCUT2D eigenvalue weighted by molar-refractivity contribution is 0.0621. The molecule has 3 rings (SSSR count). The molecule has 0 amide bonds. The van der Waals surface area contributed by atoms with E-state index in [1.54, 1.807) is 0 Å². The van der Waals surface area contributed by atoms with Crippen LogP contribution in [0.15, 0.2) is 12.7 Å². The first kappa shape index (κ1) is 7.32. The maximum atomic E-state index is 3.87. The normalized spacial score (nSPS) is 44.3. The van der Waals surface area contributed by atoms with Crippen LogP contribution in [0.2, 0.25) is 0 Å². The second-order valence-corrected chi connectivity index (χ2v) is 3.64. The summed E-state index contributed by atoms with van der Waals surface area (Å²) >= 11 is 0. The Hall–Kier alpha value is -0.340. The van der Waals surface area contributed by atoms with Crippen molar-refractivity contribution >= 4 is 0 Å². The Kier molecular flexibility index (Phi) is 1.74. The number of nitrogens with one attached hydrogen (secondary N) is 1. The molecular weight excluding hydrogens is 136 g/mol. The van der Waals surface area contributed by atoms with Gasteiger partial charge in [0.05, 0.1) is 0 Å². The van der Waals surface area contributed by atoms with Gasteiger partial charge in [0.15, 0.2) is 0 Å². The van der Waals surface area contributed by atoms with Crippen LogP contribution < -0.4 is 5.32 Å². The summed E-state index contributed by atoms with van der Waals surface area (Å²) in [4.78, 5) is 2.46. The number of hydrogen-bond donors (Lipinski definition) is 1. The van der Waals surface area contributed by atoms with Gasteiger partial charge in [0.1, 0.15) is 0 Å². The van der Waals surface area contributed by atoms with Gasteiger partial charge in [-0.25, -0.2) is 0 Å². The van der Waals surface area contributed by atoms with Gasteiger partial charge >= 0.3 is 0 Å². The van der Waals surface area contributed by atoms with Crippen LogP contribution >= 0.6 is 0 Å². The topological polar surface area (TPSA) is 15.3 Å². The summed E-state index contributed by atoms with van der Waals surface area (Å²) in [5.74, 6) is 0. The molecule has 3 aliphatic heterocycles. The second-order valence-electron chi connectivity index (χ2n) is 3.64. The minimum atomic E-state index is 0.572. The molecule has 2 nitrogen and oxygen atoms in total. The number of nitrogens with zero attached hydrogens (tertiary/aromatic N) is 1. The quantitative estimate of drug-likeness (QED) is 0.554. The summed E-state index contributed by atoms with van der Waals surface area (Å²) in [6.07, 6.45) is 4.76. The van der Waals surface area contributed by atoms with Crippen molar-refractivity contribution in [1.82, 2.24) is 10.2 Å². The van der Waals surface area contributed by atoms with Crippen molar-refractivity contribution in [2.45, 2.75) is 31.0 Å². The van der Waals surface area contributed by atoms with Crippen LogP contribution in [0, 0.1) is 0 Å². The first-order chi connectivity index (χ1) is 5.33. The Labute approximate surface area is 68.3 Å². The van der Waals surface area contributed by atoms with Crippen LogP contribution in [0.5, 0.6) is 0 Å². The summed E-state index contributed by atoms with van der Waals surface area (Å²) in [6.45, 7) is 5.04. The summed E-state index contributed by atoms with van der Waals surface area (Å²) < 4.78 is 0. The first-order valence-electron chi connectivity index (χ1n) is 4.41. The van der Waals surface area contributed by atoms with E-state index in [0.29, 0.717) is 12.1 Å². The van der Waals surface area contributed by atoms with E-state index in [0.717, 1.165) is 6.04 Å². The van der Waals surface area contributed by atoms with Crippen LogP contribution in [-0.4, -0.2) is 36.6 Å². The third-order valence-electron chi connectivity index (χ3n) is 3.13. The Morgan fingerprint density at radius 3 is 2.73 bits per heavy atom. The Balaban J connectivity index is 2.16. The fourth-order valence-electron chi connectivity index (χ4n) is 2.36. The first-order valence-corrected chi connectivity index (χ1v) is 4.41. The van der Waals surface area contributed by atoms with Gasteiger partial charge in [0.2, 0.25) is 0 Å². The van der Waals surface area contributed by atoms with E-state index in [4.69, 9.17) is 0 Å². The van der Waals surface area contributed by atoms with E-state index >= 15 is 0 Å². The van der Waals surface area contributed by atoms with E-state index in [2.05, 4.69) is 29.9 Å². The molecule has 3 aliphatic rings. The molecule has 3 heterocycles. The highest BCUT2D eigenvalue weighted by Crippen LogP contribution is 2.26. The van der Waals surface area contributed by atoms with Crippen LogP contribution in [0.1, 0.15) is 12.8 Å². The molecule has 3 saturated heterocycles. The van der Waals surface area contributed by atoms with Gasteiger partial charge in [0.25, 0.3) is 0 Å². The van der Waals surface area contributed by atoms with Gasteiger partial charge in [-0.15, -0.1) is 6.58 Å². The molecule has 3 atom stereocenters. The second kappa shape index (κ2) is 2.61. The number of fused-ring (bicyclic) bond motifs is 3. The molecule has 1 N–H and O–H groups in total. The zero-order valence-corrected chi connectivity index (χ0v) is 7.09. The fraction of sp³-hybridized carbons (Fsp3) is 0.778. The van der Waals surface area contributed by atoms with Gasteiger partial charge in [-0.1, -0.05) is 6.08 Å². The predicted octanol–water partition coefficient (Wildman–Crippen LogP) is 0.607. The van der Waals surface area contributed by atoms with Crippen molar-refractivity contribution in [2.75, 3.05) is 13.6 Å². The third-order valence-corrected chi connectivity index (χ3v) is 3.13. The average molecular weight is 152 g/mol. The zero-order chi connectivity index (χ0) is 7.84. The molecular formula is C9H16N2. The molecule has 0 aromatic heterocycles. The van der Waals surface area contributed by atoms with Gasteiger partial charge in [-0.05, 0) is 19.9 Å². The molecule has 0 aromatic rings. The molecule has 0 aromatic carbocycles. The lowest BCUT2D eigenvalue weighted by Gasteiger charge is -2.49. The minimum absolute atomic E-state index is 0.572. The van der Waals surface area contributed by atoms with Gasteiger partial charge in [-0.2, -0.15) is 0 Å². The number of piperazine rings is 1. The van der Waals surface area contributed by atoms with E-state index in [-0.39, 0.29) is 0 Å². The Bertz CT molecular complexity index is 157. The van der Waals surface area contributed by atoms with Gasteiger partial charge < -0.3 is 5.32 Å². The van der Waals surface area contributed by atoms with Gasteiger partial charge in [-0.3, -0.25) is 4.90 Å². The number of likely N-dealkylation sites (N-methyl/N-ethyl adjacent to an activating group) is 1. The molecule has 0 saturated carbocycles. The van der Waals surface area contributed by atoms with Gasteiger partial charge in [0, 0.05) is 24.7 Å². The van der Waals surface area contributed by atoms with Crippen molar-refractivity contribution < 1.29 is 0 Å². The summed E-state index contributed by atoms with van der Waals surface area (Å²) in [5.41, 5.74) is 0. The Morgan fingerprint density at radius 1 is 1.55 bits per heavy atom. The van der Waals surface area contributed by atoms with Crippen LogP contribution in [0.25, 0.3) is 0 Å². The highest BCUT2D eigenvalue weighted by molar-refractivity contribution is 5.05. The predicted molar refractivity (Wildman–Crippen MR) is 46.6 cm³/mol. The maximum Gasteiger partial charge on any atom is 0.0429 e. The third kappa shape index (κ3) is 1.01. The van der Waals surface area contributed by atoms with Crippen LogP contribution in [-0.2, 0) is 0 Å². The molecule has 3 fully saturated rings. The highest BCUT2D eigenvalue weighted by Gasteiger charge is 2.37. The average Bonchev–Trinajstić information content (AvgIpc) is 2.06. The molecule has 0 unspecified atom stereocenters. The van der Waals surface area contributed by atoms with E-state index < -0.39 is 0 Å². The summed E-state index contributed by atoms with van der Waals surface area (Å²) in [6, 6.07) is 1.99. The molecule has 62 valence electrons. The zero-order valence-electron chi connectivity index (χ0n) is 7.09. The summed E-state index contributed by atoms with van der Waals surface area (Å²) in [7, 11) is 2.21. The Morgan fingerprint density at radius 2 is 2.36 bits per heavy atom. The monoisotopic (exact) mass is 152 g/mol. The van der Waals surface area contributed by atoms with Crippen molar-refractivity contribution in [3.63, 3.8) is 0 Å². The van der Waals surface area contributed by atoms with Crippen molar-refractivity contribution in [3.8, 4) is 0 Å². The van der Waals surface area contributed by atoms with Crippen molar-refractivity contribution in [1.29, 1.82) is 0 Å². The molecule has 0 radical (unpaired) electrons. The number of piperidine rings is 2. The highest BCUT2D eigenvalue weighted by atomic mass is 15.3. The minimum Gasteiger partial charge on any atom is -0.311 e. The van der Waals surface area contributed by atoms with Crippen molar-refractivity contribution in [3.05, 3.63) is 12.7 Å². The van der Waals surface area contributed by atoms with E-state index in [1.165, 1.54) is 19.4 Å². The lowest BCUT2D eigenvalue weighted by Crippen LogP contribution is -2.64. The largest absolute Gasteiger partial charge is 0.311 e. The maximum absolute atomic E-state index is 3.87. The van der Waals surface area contributed by atoms with Crippen molar-refractivity contribution in [2.24, 2.45) is 0 Å². The van der Waals surface area contributed by atoms with E-state index in [1.807, 2.05) is 0 Å². The molecule has 0 spiro atoms. The standard InChI is InChI=1S/C9H16N2/c1-3-9-8-5-4-7(6-10-8)11(9)2/h3,7-10H,1,4-6H2,2H3/t7-,8-,9-/m0/s1. The molecule has 11 heavy (non-hydrogen) atoms. The molecule has 2 bridgehead atoms. The van der Waals surface area contributed by atoms with Crippen LogP contribution in [0.3, 0.4) is 0 Å². The molecule has 2 heteroatoms. The summed E-state index contributed by atoms with van der Waals surface area (Å²) in [5, 5.41) is 3.54. The lowest BCUT2D eigenvalue weighted by atomic mass is 9.87. The van der Waals surface area contributed by atoms with E-state index in [9.17, 15) is 0 Å². The number of rotatable bonds is 1. The van der Waals surface area contributed by atoms with Crippen LogP contribution in [0.4, 0.5) is 0 Å².